The highest BCUT2D eigenvalue weighted by Crippen LogP contribution is 2.52. The number of ketones is 3. The van der Waals surface area contributed by atoms with Crippen molar-refractivity contribution in [3.8, 4) is 17.2 Å². The number of phenolic OH excluding ortho intramolecular Hbond substituents is 2. The number of aliphatic hydroxyl groups excluding tert-OH is 2. The molecule has 2 heterocycles. The predicted molar refractivity (Wildman–Crippen MR) is 151 cm³/mol. The first-order chi connectivity index (χ1) is 20.9. The van der Waals surface area contributed by atoms with Crippen molar-refractivity contribution >= 4 is 17.3 Å². The van der Waals surface area contributed by atoms with Gasteiger partial charge in [0, 0.05) is 48.5 Å². The number of rotatable bonds is 5. The molecule has 0 saturated carbocycles. The standard InChI is InChI=1S/C27H29NO11.C3H7NO/c1-10-22(31)13(28)6-17(38-10)39-15-8-27(36,16(30)9-29)7-12-19(15)26(35)21-20(24(12)33)23(32)11-4-3-5-14(37-2)18(11)25(21)34;1-2-5-3-4-1/h3-5,10,13,15,17,22,29,31,33,35-36H,6-9,28H2,1-2H3;4H,1-3H2/t10-,13-,15-,17-,22+,27-;/m0./s1. The summed E-state index contributed by atoms with van der Waals surface area (Å²) in [6.07, 6.45) is -5.12. The lowest BCUT2D eigenvalue weighted by atomic mass is 9.72. The maximum Gasteiger partial charge on any atom is 0.202 e. The van der Waals surface area contributed by atoms with E-state index in [-0.39, 0.29) is 34.4 Å². The summed E-state index contributed by atoms with van der Waals surface area (Å²) in [7, 11) is 1.32. The van der Waals surface area contributed by atoms with Gasteiger partial charge in [-0.25, -0.2) is 0 Å². The maximum atomic E-state index is 13.6. The summed E-state index contributed by atoms with van der Waals surface area (Å²) in [6.45, 7) is 3.23. The van der Waals surface area contributed by atoms with Crippen LogP contribution in [0.25, 0.3) is 0 Å². The van der Waals surface area contributed by atoms with Gasteiger partial charge in [-0.1, -0.05) is 12.1 Å². The van der Waals surface area contributed by atoms with Gasteiger partial charge >= 0.3 is 0 Å². The van der Waals surface area contributed by atoms with E-state index in [2.05, 4.69) is 5.32 Å². The van der Waals surface area contributed by atoms with Crippen LogP contribution in [0.4, 0.5) is 0 Å². The molecule has 0 unspecified atom stereocenters. The normalized spacial score (nSPS) is 29.2. The molecule has 14 nitrogen and oxygen atoms in total. The third-order valence-corrected chi connectivity index (χ3v) is 8.43. The van der Waals surface area contributed by atoms with Gasteiger partial charge in [-0.05, 0) is 13.0 Å². The molecular weight excluding hydrogens is 580 g/mol. The highest BCUT2D eigenvalue weighted by atomic mass is 16.7. The summed E-state index contributed by atoms with van der Waals surface area (Å²) in [5.41, 5.74) is 2.37. The van der Waals surface area contributed by atoms with Gasteiger partial charge in [0.05, 0.1) is 55.4 Å². The number of phenols is 2. The molecular formula is C30H36N2O12. The van der Waals surface area contributed by atoms with Crippen LogP contribution in [0, 0.1) is 0 Å². The first-order valence-corrected chi connectivity index (χ1v) is 14.2. The highest BCUT2D eigenvalue weighted by Gasteiger charge is 2.50. The lowest BCUT2D eigenvalue weighted by molar-refractivity contribution is -0.247. The number of carbonyl (C=O) groups excluding carboxylic acids is 3. The van der Waals surface area contributed by atoms with Gasteiger partial charge < -0.3 is 50.2 Å². The number of benzene rings is 2. The number of Topliss-reactive ketones (excluding diaryl/α,β-unsaturated/α-hetero) is 1. The van der Waals surface area contributed by atoms with Crippen molar-refractivity contribution in [2.45, 2.75) is 62.4 Å². The van der Waals surface area contributed by atoms with Crippen molar-refractivity contribution in [2.24, 2.45) is 5.73 Å². The molecule has 2 aliphatic carbocycles. The highest BCUT2D eigenvalue weighted by molar-refractivity contribution is 6.31. The lowest BCUT2D eigenvalue weighted by Crippen LogP contribution is -2.53. The van der Waals surface area contributed by atoms with Crippen LogP contribution in [0.2, 0.25) is 0 Å². The average molecular weight is 617 g/mol. The van der Waals surface area contributed by atoms with Crippen LogP contribution in [0.3, 0.4) is 0 Å². The molecule has 2 aromatic carbocycles. The summed E-state index contributed by atoms with van der Waals surface area (Å²) in [5.74, 6) is -3.77. The van der Waals surface area contributed by atoms with Crippen LogP contribution in [-0.2, 0) is 25.4 Å². The second-order valence-corrected chi connectivity index (χ2v) is 11.2. The monoisotopic (exact) mass is 616 g/mol. The zero-order valence-corrected chi connectivity index (χ0v) is 24.2. The van der Waals surface area contributed by atoms with Gasteiger partial charge in [0.2, 0.25) is 5.78 Å². The maximum absolute atomic E-state index is 13.6. The van der Waals surface area contributed by atoms with Gasteiger partial charge in [-0.15, -0.1) is 0 Å². The fraction of sp³-hybridized carbons (Fsp3) is 0.500. The second kappa shape index (κ2) is 12.5. The van der Waals surface area contributed by atoms with E-state index in [0.29, 0.717) is 0 Å². The fourth-order valence-corrected chi connectivity index (χ4v) is 6.11. The number of aliphatic hydroxyl groups is 3. The number of methoxy groups -OCH3 is 1. The van der Waals surface area contributed by atoms with Crippen molar-refractivity contribution in [2.75, 3.05) is 33.6 Å². The van der Waals surface area contributed by atoms with Crippen LogP contribution in [-0.4, -0.2) is 107 Å². The molecule has 0 radical (unpaired) electrons. The molecule has 44 heavy (non-hydrogen) atoms. The van der Waals surface area contributed by atoms with E-state index >= 15 is 0 Å². The topological polar surface area (TPSA) is 227 Å². The van der Waals surface area contributed by atoms with Crippen LogP contribution in [0.1, 0.15) is 68.8 Å². The van der Waals surface area contributed by atoms with Crippen LogP contribution >= 0.6 is 0 Å². The minimum absolute atomic E-state index is 0.0173. The number of nitrogens with one attached hydrogen (secondary N) is 1. The Kier molecular flexibility index (Phi) is 9.07. The van der Waals surface area contributed by atoms with Gasteiger partial charge in [-0.3, -0.25) is 19.7 Å². The Balaban J connectivity index is 0.000000698. The Morgan fingerprint density at radius 1 is 1.16 bits per heavy atom. The molecule has 14 heteroatoms. The van der Waals surface area contributed by atoms with Crippen molar-refractivity contribution in [1.82, 2.24) is 5.32 Å². The molecule has 238 valence electrons. The van der Waals surface area contributed by atoms with E-state index in [4.69, 9.17) is 24.7 Å². The third kappa shape index (κ3) is 5.48. The van der Waals surface area contributed by atoms with E-state index in [1.807, 2.05) is 0 Å². The quantitative estimate of drug-likeness (QED) is 0.181. The molecule has 6 atom stereocenters. The Bertz CT molecular complexity index is 1460. The number of ether oxygens (including phenoxy) is 4. The number of hydrogen-bond acceptors (Lipinski definition) is 14. The lowest BCUT2D eigenvalue weighted by Gasteiger charge is -2.42. The number of hydrogen-bond donors (Lipinski definition) is 7. The van der Waals surface area contributed by atoms with Gasteiger partial charge in [0.1, 0.15) is 29.5 Å². The molecule has 0 amide bonds. The average Bonchev–Trinajstić information content (AvgIpc) is 3.60. The van der Waals surface area contributed by atoms with E-state index < -0.39 is 95.7 Å². The number of aromatic hydroxyl groups is 2. The summed E-state index contributed by atoms with van der Waals surface area (Å²) < 4.78 is 21.8. The van der Waals surface area contributed by atoms with Crippen molar-refractivity contribution in [3.05, 3.63) is 51.6 Å². The Hall–Kier alpha value is -3.47. The Labute approximate surface area is 252 Å². The molecule has 2 aliphatic heterocycles. The molecule has 0 aromatic heterocycles. The number of carbonyl (C=O) groups is 3. The molecule has 2 saturated heterocycles. The van der Waals surface area contributed by atoms with Crippen molar-refractivity contribution < 1.29 is 58.9 Å². The summed E-state index contributed by atoms with van der Waals surface area (Å²) in [5, 5.41) is 56.7. The van der Waals surface area contributed by atoms with E-state index in [1.165, 1.54) is 25.3 Å². The van der Waals surface area contributed by atoms with Crippen LogP contribution < -0.4 is 15.8 Å². The third-order valence-electron chi connectivity index (χ3n) is 8.43. The second-order valence-electron chi connectivity index (χ2n) is 11.2. The first kappa shape index (κ1) is 31.9. The zero-order chi connectivity index (χ0) is 31.9. The Morgan fingerprint density at radius 3 is 2.48 bits per heavy atom. The molecule has 2 fully saturated rings. The smallest absolute Gasteiger partial charge is 0.202 e. The van der Waals surface area contributed by atoms with Crippen LogP contribution in [0.15, 0.2) is 18.2 Å². The van der Waals surface area contributed by atoms with Crippen LogP contribution in [0.5, 0.6) is 17.2 Å². The molecule has 8 N–H and O–H groups in total. The van der Waals surface area contributed by atoms with Gasteiger partial charge in [-0.2, -0.15) is 0 Å². The molecule has 0 bridgehead atoms. The van der Waals surface area contributed by atoms with E-state index in [9.17, 15) is 39.9 Å². The SMILES string of the molecule is C1COCN1.COc1cccc2c1C(=O)c1c(O)c3c(c(O)c1C2=O)C[C@@](O)(C(=O)CO)C[C@@H]3O[C@H]1C[C@H](N)[C@H](O)[C@H](C)O1. The minimum Gasteiger partial charge on any atom is -0.507 e. The van der Waals surface area contributed by atoms with Gasteiger partial charge in [0.25, 0.3) is 0 Å². The summed E-state index contributed by atoms with van der Waals surface area (Å²) in [6, 6.07) is 3.64. The molecule has 2 aromatic rings. The van der Waals surface area contributed by atoms with Crippen molar-refractivity contribution in [3.63, 3.8) is 0 Å². The molecule has 6 rings (SSSR count). The predicted octanol–water partition coefficient (Wildman–Crippen LogP) is -0.435. The van der Waals surface area contributed by atoms with E-state index in [1.54, 1.807) is 6.92 Å². The number of nitrogens with two attached hydrogens (primary N) is 1. The van der Waals surface area contributed by atoms with Crippen molar-refractivity contribution in [1.29, 1.82) is 0 Å². The minimum atomic E-state index is -2.24. The fourth-order valence-electron chi connectivity index (χ4n) is 6.11. The Morgan fingerprint density at radius 2 is 1.89 bits per heavy atom. The summed E-state index contributed by atoms with van der Waals surface area (Å²) in [4.78, 5) is 39.7. The number of fused-ring (bicyclic) bond motifs is 3. The van der Waals surface area contributed by atoms with E-state index in [0.717, 1.165) is 19.9 Å². The molecule has 0 spiro atoms. The van der Waals surface area contributed by atoms with Gasteiger partial charge in [0.15, 0.2) is 17.9 Å². The molecule has 4 aliphatic rings. The first-order valence-electron chi connectivity index (χ1n) is 14.2. The zero-order valence-electron chi connectivity index (χ0n) is 24.2. The summed E-state index contributed by atoms with van der Waals surface area (Å²) >= 11 is 0. The largest absolute Gasteiger partial charge is 0.507 e.